The molecule has 7 heteroatoms. The van der Waals surface area contributed by atoms with E-state index in [1.807, 2.05) is 11.4 Å². The van der Waals surface area contributed by atoms with Crippen molar-refractivity contribution in [2.75, 3.05) is 7.05 Å². The highest BCUT2D eigenvalue weighted by atomic mass is 32.1. The highest BCUT2D eigenvalue weighted by Crippen LogP contribution is 2.13. The average molecular weight is 317 g/mol. The van der Waals surface area contributed by atoms with Crippen LogP contribution in [0.1, 0.15) is 12.2 Å². The molecule has 114 valence electrons. The number of carbonyl (C=O) groups is 1. The number of fused-ring (bicyclic) bond motifs is 1. The monoisotopic (exact) mass is 317 g/mol. The van der Waals surface area contributed by atoms with Crippen LogP contribution in [-0.2, 0) is 17.9 Å². The predicted molar refractivity (Wildman–Crippen MR) is 83.7 cm³/mol. The maximum atomic E-state index is 12.2. The van der Waals surface area contributed by atoms with Crippen LogP contribution in [0.3, 0.4) is 0 Å². The van der Waals surface area contributed by atoms with Crippen molar-refractivity contribution >= 4 is 27.5 Å². The molecule has 0 aliphatic heterocycles. The van der Waals surface area contributed by atoms with Crippen molar-refractivity contribution in [3.05, 3.63) is 52.3 Å². The predicted octanol–water partition coefficient (Wildman–Crippen LogP) is 2.10. The van der Waals surface area contributed by atoms with E-state index < -0.39 is 0 Å². The molecule has 3 rings (SSSR count). The Morgan fingerprint density at radius 2 is 2.32 bits per heavy atom. The zero-order chi connectivity index (χ0) is 15.5. The second-order valence-corrected chi connectivity index (χ2v) is 5.86. The number of carbonyl (C=O) groups excluding carboxylic acids is 1. The zero-order valence-corrected chi connectivity index (χ0v) is 12.9. The second-order valence-electron chi connectivity index (χ2n) is 4.96. The first-order valence-electron chi connectivity index (χ1n) is 6.84. The summed E-state index contributed by atoms with van der Waals surface area (Å²) >= 11 is 1.43. The lowest BCUT2D eigenvalue weighted by Gasteiger charge is -2.16. The molecule has 0 atom stereocenters. The Morgan fingerprint density at radius 3 is 3.09 bits per heavy atom. The van der Waals surface area contributed by atoms with E-state index in [-0.39, 0.29) is 17.9 Å². The summed E-state index contributed by atoms with van der Waals surface area (Å²) in [7, 11) is 1.72. The van der Waals surface area contributed by atoms with Gasteiger partial charge in [-0.05, 0) is 23.6 Å². The summed E-state index contributed by atoms with van der Waals surface area (Å²) in [5, 5.41) is 2.44. The molecule has 22 heavy (non-hydrogen) atoms. The molecule has 3 aromatic heterocycles. The van der Waals surface area contributed by atoms with Crippen LogP contribution in [-0.4, -0.2) is 27.4 Å². The van der Waals surface area contributed by atoms with Gasteiger partial charge in [-0.2, -0.15) is 0 Å². The third-order valence-corrected chi connectivity index (χ3v) is 4.24. The van der Waals surface area contributed by atoms with Gasteiger partial charge < -0.3 is 9.32 Å². The Balaban J connectivity index is 1.64. The highest BCUT2D eigenvalue weighted by Gasteiger charge is 2.12. The molecule has 0 spiro atoms. The van der Waals surface area contributed by atoms with Gasteiger partial charge in [-0.15, -0.1) is 11.3 Å². The van der Waals surface area contributed by atoms with Gasteiger partial charge in [-0.1, -0.05) is 0 Å². The van der Waals surface area contributed by atoms with Gasteiger partial charge in [-0.3, -0.25) is 14.2 Å². The number of hydrogen-bond acceptors (Lipinski definition) is 5. The first-order valence-corrected chi connectivity index (χ1v) is 7.72. The van der Waals surface area contributed by atoms with Gasteiger partial charge in [0.25, 0.3) is 5.56 Å². The fraction of sp³-hybridized carbons (Fsp3) is 0.267. The van der Waals surface area contributed by atoms with Crippen molar-refractivity contribution in [2.24, 2.45) is 0 Å². The van der Waals surface area contributed by atoms with Crippen LogP contribution in [0, 0.1) is 0 Å². The van der Waals surface area contributed by atoms with E-state index >= 15 is 0 Å². The van der Waals surface area contributed by atoms with Crippen molar-refractivity contribution in [2.45, 2.75) is 19.5 Å². The standard InChI is InChI=1S/C15H15N3O3S/c1-17(9-11-3-2-7-21-11)13(19)4-6-18-10-16-14-12(15(18)20)5-8-22-14/h2-3,5,7-8,10H,4,6,9H2,1H3. The van der Waals surface area contributed by atoms with Gasteiger partial charge in [0.05, 0.1) is 24.5 Å². The molecule has 0 radical (unpaired) electrons. The van der Waals surface area contributed by atoms with Crippen LogP contribution >= 0.6 is 11.3 Å². The van der Waals surface area contributed by atoms with Crippen LogP contribution in [0.25, 0.3) is 10.2 Å². The minimum absolute atomic E-state index is 0.0475. The Hall–Kier alpha value is -2.41. The Morgan fingerprint density at radius 1 is 1.45 bits per heavy atom. The molecule has 0 bridgehead atoms. The van der Waals surface area contributed by atoms with Crippen LogP contribution in [0.5, 0.6) is 0 Å². The normalized spacial score (nSPS) is 11.0. The molecule has 0 fully saturated rings. The van der Waals surface area contributed by atoms with Gasteiger partial charge in [0.2, 0.25) is 5.91 Å². The van der Waals surface area contributed by atoms with Crippen LogP contribution in [0.15, 0.2) is 45.4 Å². The zero-order valence-electron chi connectivity index (χ0n) is 12.1. The van der Waals surface area contributed by atoms with Crippen LogP contribution in [0.4, 0.5) is 0 Å². The minimum atomic E-state index is -0.104. The highest BCUT2D eigenvalue weighted by molar-refractivity contribution is 7.16. The van der Waals surface area contributed by atoms with Gasteiger partial charge >= 0.3 is 0 Å². The number of rotatable bonds is 5. The average Bonchev–Trinajstić information content (AvgIpc) is 3.17. The SMILES string of the molecule is CN(Cc1ccco1)C(=O)CCn1cnc2sccc2c1=O. The number of nitrogens with zero attached hydrogens (tertiary/aromatic N) is 3. The van der Waals surface area contributed by atoms with Crippen molar-refractivity contribution in [3.8, 4) is 0 Å². The van der Waals surface area contributed by atoms with Crippen molar-refractivity contribution in [1.82, 2.24) is 14.5 Å². The van der Waals surface area contributed by atoms with E-state index in [9.17, 15) is 9.59 Å². The number of aromatic nitrogens is 2. The Bertz CT molecular complexity index is 835. The van der Waals surface area contributed by atoms with Crippen molar-refractivity contribution in [3.63, 3.8) is 0 Å². The topological polar surface area (TPSA) is 68.3 Å². The lowest BCUT2D eigenvalue weighted by molar-refractivity contribution is -0.130. The smallest absolute Gasteiger partial charge is 0.262 e. The maximum Gasteiger partial charge on any atom is 0.262 e. The molecule has 1 amide bonds. The largest absolute Gasteiger partial charge is 0.467 e. The van der Waals surface area contributed by atoms with Gasteiger partial charge in [0, 0.05) is 20.0 Å². The Labute approximate surface area is 130 Å². The quantitative estimate of drug-likeness (QED) is 0.722. The molecule has 6 nitrogen and oxygen atoms in total. The summed E-state index contributed by atoms with van der Waals surface area (Å²) < 4.78 is 6.70. The molecule has 0 saturated heterocycles. The third kappa shape index (κ3) is 2.94. The molecule has 0 saturated carbocycles. The lowest BCUT2D eigenvalue weighted by Crippen LogP contribution is -2.29. The third-order valence-electron chi connectivity index (χ3n) is 3.42. The summed E-state index contributed by atoms with van der Waals surface area (Å²) in [6, 6.07) is 5.37. The van der Waals surface area contributed by atoms with Crippen molar-refractivity contribution in [1.29, 1.82) is 0 Å². The first-order chi connectivity index (χ1) is 10.6. The molecule has 0 N–H and O–H groups in total. The number of aryl methyl sites for hydroxylation is 1. The van der Waals surface area contributed by atoms with E-state index in [4.69, 9.17) is 4.42 Å². The Kier molecular flexibility index (Phi) is 4.06. The molecule has 0 unspecified atom stereocenters. The first kappa shape index (κ1) is 14.5. The molecular formula is C15H15N3O3S. The minimum Gasteiger partial charge on any atom is -0.467 e. The van der Waals surface area contributed by atoms with E-state index in [1.54, 1.807) is 30.3 Å². The number of hydrogen-bond donors (Lipinski definition) is 0. The molecule has 0 aliphatic rings. The van der Waals surface area contributed by atoms with Crippen molar-refractivity contribution < 1.29 is 9.21 Å². The maximum absolute atomic E-state index is 12.2. The molecular weight excluding hydrogens is 302 g/mol. The van der Waals surface area contributed by atoms with E-state index in [1.165, 1.54) is 22.2 Å². The lowest BCUT2D eigenvalue weighted by atomic mass is 10.3. The van der Waals surface area contributed by atoms with Gasteiger partial charge in [0.1, 0.15) is 10.6 Å². The van der Waals surface area contributed by atoms with Gasteiger partial charge in [-0.25, -0.2) is 4.98 Å². The summed E-state index contributed by atoms with van der Waals surface area (Å²) in [6.45, 7) is 0.738. The number of amides is 1. The van der Waals surface area contributed by atoms with E-state index in [0.29, 0.717) is 18.5 Å². The molecule has 3 aromatic rings. The van der Waals surface area contributed by atoms with Gasteiger partial charge in [0.15, 0.2) is 0 Å². The summed E-state index contributed by atoms with van der Waals surface area (Å²) in [5.74, 6) is 0.683. The number of thiophene rings is 1. The summed E-state index contributed by atoms with van der Waals surface area (Å²) in [6.07, 6.45) is 3.32. The summed E-state index contributed by atoms with van der Waals surface area (Å²) in [4.78, 5) is 30.9. The second kappa shape index (κ2) is 6.15. The fourth-order valence-corrected chi connectivity index (χ4v) is 2.91. The van der Waals surface area contributed by atoms with E-state index in [0.717, 1.165) is 10.6 Å². The molecule has 0 aliphatic carbocycles. The molecule has 0 aromatic carbocycles. The number of furan rings is 1. The fourth-order valence-electron chi connectivity index (χ4n) is 2.18. The van der Waals surface area contributed by atoms with Crippen LogP contribution < -0.4 is 5.56 Å². The summed E-state index contributed by atoms with van der Waals surface area (Å²) in [5.41, 5.74) is -0.104. The van der Waals surface area contributed by atoms with E-state index in [2.05, 4.69) is 4.98 Å². The van der Waals surface area contributed by atoms with Crippen LogP contribution in [0.2, 0.25) is 0 Å². The molecule has 3 heterocycles.